The number of hydrogen-bond donors (Lipinski definition) is 1. The van der Waals surface area contributed by atoms with Crippen molar-refractivity contribution in [2.24, 2.45) is 5.18 Å². The lowest BCUT2D eigenvalue weighted by molar-refractivity contribution is 0.480. The minimum Gasteiger partial charge on any atom is -0.505 e. The molecule has 0 spiro atoms. The summed E-state index contributed by atoms with van der Waals surface area (Å²) in [5.41, 5.74) is -0.319. The molecule has 0 bridgehead atoms. The van der Waals surface area contributed by atoms with Gasteiger partial charge in [-0.25, -0.2) is 0 Å². The van der Waals surface area contributed by atoms with Crippen LogP contribution in [0.3, 0.4) is 0 Å². The molecule has 0 unspecified atom stereocenters. The number of hydrogen-bond acceptors (Lipinski definition) is 4. The van der Waals surface area contributed by atoms with Gasteiger partial charge in [0.15, 0.2) is 5.75 Å². The molecule has 94 valence electrons. The number of para-hydroxylation sites is 1. The molecule has 1 N–H and O–H groups in total. The molecule has 2 aromatic rings. The van der Waals surface area contributed by atoms with Crippen molar-refractivity contribution in [3.63, 3.8) is 0 Å². The van der Waals surface area contributed by atoms with E-state index in [2.05, 4.69) is 5.18 Å². The van der Waals surface area contributed by atoms with E-state index >= 15 is 0 Å². The van der Waals surface area contributed by atoms with Crippen molar-refractivity contribution in [3.05, 3.63) is 39.5 Å². The van der Waals surface area contributed by atoms with Crippen molar-refractivity contribution < 1.29 is 5.11 Å². The molecule has 5 nitrogen and oxygen atoms in total. The molecule has 0 atom stereocenters. The fraction of sp³-hybridized carbons (Fsp3) is 0.308. The van der Waals surface area contributed by atoms with E-state index in [9.17, 15) is 14.8 Å². The van der Waals surface area contributed by atoms with E-state index in [0.29, 0.717) is 17.4 Å². The van der Waals surface area contributed by atoms with Crippen LogP contribution in [0.15, 0.2) is 34.2 Å². The summed E-state index contributed by atoms with van der Waals surface area (Å²) in [5, 5.41) is 13.0. The van der Waals surface area contributed by atoms with Crippen LogP contribution in [0.5, 0.6) is 5.75 Å². The molecular weight excluding hydrogens is 232 g/mol. The Hall–Kier alpha value is -2.17. The first-order valence-corrected chi connectivity index (χ1v) is 5.88. The number of pyridine rings is 1. The summed E-state index contributed by atoms with van der Waals surface area (Å²) in [6, 6.07) is 6.95. The van der Waals surface area contributed by atoms with Crippen molar-refractivity contribution in [1.82, 2.24) is 4.57 Å². The Labute approximate surface area is 104 Å². The summed E-state index contributed by atoms with van der Waals surface area (Å²) in [4.78, 5) is 22.7. The Kier molecular flexibility index (Phi) is 3.41. The molecule has 0 aliphatic heterocycles. The van der Waals surface area contributed by atoms with Crippen molar-refractivity contribution >= 4 is 16.6 Å². The van der Waals surface area contributed by atoms with Crippen LogP contribution in [0, 0.1) is 4.91 Å². The lowest BCUT2D eigenvalue weighted by atomic mass is 10.1. The van der Waals surface area contributed by atoms with Crippen LogP contribution in [-0.4, -0.2) is 9.67 Å². The second-order valence-corrected chi connectivity index (χ2v) is 4.12. The van der Waals surface area contributed by atoms with Gasteiger partial charge in [0.2, 0.25) is 5.69 Å². The lowest BCUT2D eigenvalue weighted by Crippen LogP contribution is -2.20. The number of nitroso groups, excluding NO2 is 1. The molecule has 0 saturated heterocycles. The van der Waals surface area contributed by atoms with E-state index in [4.69, 9.17) is 0 Å². The van der Waals surface area contributed by atoms with Gasteiger partial charge in [-0.05, 0) is 23.7 Å². The molecule has 0 aliphatic carbocycles. The Morgan fingerprint density at radius 1 is 1.33 bits per heavy atom. The average molecular weight is 246 g/mol. The first-order valence-electron chi connectivity index (χ1n) is 5.88. The van der Waals surface area contributed by atoms with Crippen molar-refractivity contribution in [1.29, 1.82) is 0 Å². The van der Waals surface area contributed by atoms with Gasteiger partial charge < -0.3 is 9.67 Å². The molecular formula is C13H14N2O3. The van der Waals surface area contributed by atoms with Gasteiger partial charge in [0.25, 0.3) is 5.56 Å². The van der Waals surface area contributed by atoms with Crippen molar-refractivity contribution in [2.45, 2.75) is 26.3 Å². The summed E-state index contributed by atoms with van der Waals surface area (Å²) < 4.78 is 1.50. The number of aromatic hydroxyl groups is 1. The smallest absolute Gasteiger partial charge is 0.284 e. The Morgan fingerprint density at radius 3 is 2.72 bits per heavy atom. The molecule has 0 aliphatic rings. The maximum Gasteiger partial charge on any atom is 0.284 e. The van der Waals surface area contributed by atoms with E-state index < -0.39 is 11.2 Å². The second kappa shape index (κ2) is 5.00. The fourth-order valence-corrected chi connectivity index (χ4v) is 2.00. The van der Waals surface area contributed by atoms with Gasteiger partial charge in [0.05, 0.1) is 5.52 Å². The lowest BCUT2D eigenvalue weighted by Gasteiger charge is -2.11. The van der Waals surface area contributed by atoms with E-state index in [1.807, 2.05) is 6.92 Å². The normalized spacial score (nSPS) is 10.7. The molecule has 1 heterocycles. The van der Waals surface area contributed by atoms with E-state index in [0.717, 1.165) is 12.8 Å². The molecule has 1 aromatic heterocycles. The van der Waals surface area contributed by atoms with Crippen LogP contribution in [0.4, 0.5) is 5.69 Å². The average Bonchev–Trinajstić information content (AvgIpc) is 2.39. The molecule has 18 heavy (non-hydrogen) atoms. The molecule has 0 radical (unpaired) electrons. The van der Waals surface area contributed by atoms with Crippen LogP contribution in [-0.2, 0) is 6.54 Å². The third-order valence-corrected chi connectivity index (χ3v) is 2.95. The number of aryl methyl sites for hydroxylation is 1. The Morgan fingerprint density at radius 2 is 2.06 bits per heavy atom. The van der Waals surface area contributed by atoms with Crippen LogP contribution < -0.4 is 5.56 Å². The van der Waals surface area contributed by atoms with E-state index in [1.54, 1.807) is 24.3 Å². The standard InChI is InChI=1S/C13H14N2O3/c1-2-3-8-15-10-7-5-4-6-9(10)12(16)11(14-18)13(15)17/h4-7,16H,2-3,8H2,1H3. The van der Waals surface area contributed by atoms with Gasteiger partial charge in [0.1, 0.15) is 0 Å². The van der Waals surface area contributed by atoms with Gasteiger partial charge in [0, 0.05) is 11.9 Å². The molecule has 2 rings (SSSR count). The second-order valence-electron chi connectivity index (χ2n) is 4.12. The largest absolute Gasteiger partial charge is 0.505 e. The predicted molar refractivity (Wildman–Crippen MR) is 70.2 cm³/mol. The molecule has 0 saturated carbocycles. The highest BCUT2D eigenvalue weighted by Crippen LogP contribution is 2.31. The fourth-order valence-electron chi connectivity index (χ4n) is 2.00. The minimum absolute atomic E-state index is 0.335. The van der Waals surface area contributed by atoms with Gasteiger partial charge in [-0.3, -0.25) is 4.79 Å². The molecule has 5 heteroatoms. The van der Waals surface area contributed by atoms with Gasteiger partial charge in [-0.1, -0.05) is 25.5 Å². The highest BCUT2D eigenvalue weighted by molar-refractivity contribution is 5.89. The first kappa shape index (κ1) is 12.3. The first-order chi connectivity index (χ1) is 8.70. The van der Waals surface area contributed by atoms with E-state index in [-0.39, 0.29) is 5.75 Å². The monoisotopic (exact) mass is 246 g/mol. The molecule has 1 aromatic carbocycles. The molecule has 0 fully saturated rings. The maximum atomic E-state index is 12.0. The number of rotatable bonds is 4. The zero-order valence-electron chi connectivity index (χ0n) is 10.1. The quantitative estimate of drug-likeness (QED) is 0.843. The summed E-state index contributed by atoms with van der Waals surface area (Å²) in [6.07, 6.45) is 1.76. The maximum absolute atomic E-state index is 12.0. The number of fused-ring (bicyclic) bond motifs is 1. The van der Waals surface area contributed by atoms with Gasteiger partial charge >= 0.3 is 0 Å². The Balaban J connectivity index is 2.81. The summed E-state index contributed by atoms with van der Waals surface area (Å²) in [5.74, 6) is -0.335. The third kappa shape index (κ3) is 1.88. The third-order valence-electron chi connectivity index (χ3n) is 2.95. The highest BCUT2D eigenvalue weighted by atomic mass is 16.3. The zero-order chi connectivity index (χ0) is 13.1. The highest BCUT2D eigenvalue weighted by Gasteiger charge is 2.16. The topological polar surface area (TPSA) is 71.7 Å². The van der Waals surface area contributed by atoms with Crippen LogP contribution in [0.2, 0.25) is 0 Å². The Bertz CT molecular complexity index is 646. The van der Waals surface area contributed by atoms with Crippen LogP contribution in [0.25, 0.3) is 10.9 Å². The van der Waals surface area contributed by atoms with Gasteiger partial charge in [-0.15, -0.1) is 4.91 Å². The summed E-state index contributed by atoms with van der Waals surface area (Å²) in [6.45, 7) is 2.53. The van der Waals surface area contributed by atoms with Crippen molar-refractivity contribution in [2.75, 3.05) is 0 Å². The van der Waals surface area contributed by atoms with Crippen molar-refractivity contribution in [3.8, 4) is 5.75 Å². The van der Waals surface area contributed by atoms with Gasteiger partial charge in [-0.2, -0.15) is 0 Å². The number of unbranched alkanes of at least 4 members (excludes halogenated alkanes) is 1. The number of benzene rings is 1. The van der Waals surface area contributed by atoms with Crippen LogP contribution >= 0.6 is 0 Å². The molecule has 0 amide bonds. The number of nitrogens with zero attached hydrogens (tertiary/aromatic N) is 2. The SMILES string of the molecule is CCCCn1c(=O)c(N=O)c(O)c2ccccc21. The van der Waals surface area contributed by atoms with E-state index in [1.165, 1.54) is 4.57 Å². The summed E-state index contributed by atoms with van der Waals surface area (Å²) >= 11 is 0. The zero-order valence-corrected chi connectivity index (χ0v) is 10.1. The summed E-state index contributed by atoms with van der Waals surface area (Å²) in [7, 11) is 0. The minimum atomic E-state index is -0.533. The predicted octanol–water partition coefficient (Wildman–Crippen LogP) is 2.91. The van der Waals surface area contributed by atoms with Crippen LogP contribution in [0.1, 0.15) is 19.8 Å². The number of aromatic nitrogens is 1.